The minimum atomic E-state index is -0.136. The van der Waals surface area contributed by atoms with Crippen LogP contribution in [0.2, 0.25) is 0 Å². The average Bonchev–Trinajstić information content (AvgIpc) is 2.02. The zero-order chi connectivity index (χ0) is 10.3. The molecule has 0 saturated carbocycles. The van der Waals surface area contributed by atoms with E-state index in [-0.39, 0.29) is 11.8 Å². The monoisotopic (exact) mass is 184 g/mol. The maximum absolute atomic E-state index is 10.9. The summed E-state index contributed by atoms with van der Waals surface area (Å²) in [5.74, 6) is -0.186. The van der Waals surface area contributed by atoms with Crippen molar-refractivity contribution >= 4 is 11.8 Å². The Balaban J connectivity index is 3.31. The van der Waals surface area contributed by atoms with Crippen LogP contribution < -0.4 is 10.6 Å². The number of carbonyl (C=O) groups is 2. The van der Waals surface area contributed by atoms with E-state index in [0.717, 1.165) is 6.42 Å². The predicted molar refractivity (Wildman–Crippen MR) is 51.1 cm³/mol. The molecular formula is C9H16N2O2. The van der Waals surface area contributed by atoms with Crippen molar-refractivity contribution in [1.82, 2.24) is 10.6 Å². The van der Waals surface area contributed by atoms with Crippen LogP contribution in [0.5, 0.6) is 0 Å². The van der Waals surface area contributed by atoms with E-state index in [1.807, 2.05) is 0 Å². The van der Waals surface area contributed by atoms with Gasteiger partial charge < -0.3 is 10.6 Å². The number of amides is 2. The highest BCUT2D eigenvalue weighted by Gasteiger charge is 1.99. The van der Waals surface area contributed by atoms with Crippen molar-refractivity contribution in [3.8, 4) is 0 Å². The van der Waals surface area contributed by atoms with Gasteiger partial charge in [-0.25, -0.2) is 0 Å². The van der Waals surface area contributed by atoms with Crippen LogP contribution in [-0.4, -0.2) is 24.9 Å². The number of hydrogen-bond acceptors (Lipinski definition) is 2. The van der Waals surface area contributed by atoms with Crippen LogP contribution in [0.25, 0.3) is 0 Å². The van der Waals surface area contributed by atoms with Gasteiger partial charge in [-0.2, -0.15) is 0 Å². The van der Waals surface area contributed by atoms with Crippen LogP contribution in [0.15, 0.2) is 12.2 Å². The minimum absolute atomic E-state index is 0.0498. The fourth-order valence-electron chi connectivity index (χ4n) is 0.706. The molecule has 0 saturated heterocycles. The number of carbonyl (C=O) groups excluding carboxylic acids is 2. The van der Waals surface area contributed by atoms with Crippen LogP contribution in [0, 0.1) is 0 Å². The molecule has 0 rings (SSSR count). The zero-order valence-electron chi connectivity index (χ0n) is 8.14. The molecule has 0 bridgehead atoms. The third-order valence-corrected chi connectivity index (χ3v) is 1.40. The maximum atomic E-state index is 10.9. The zero-order valence-corrected chi connectivity index (χ0v) is 8.14. The molecule has 13 heavy (non-hydrogen) atoms. The summed E-state index contributed by atoms with van der Waals surface area (Å²) in [5, 5.41) is 5.30. The molecule has 0 radical (unpaired) electrons. The maximum Gasteiger partial charge on any atom is 0.246 e. The lowest BCUT2D eigenvalue weighted by molar-refractivity contribution is -0.119. The molecule has 0 fully saturated rings. The van der Waals surface area contributed by atoms with Crippen LogP contribution in [0.3, 0.4) is 0 Å². The molecule has 4 nitrogen and oxygen atoms in total. The Bertz CT molecular complexity index is 212. The lowest BCUT2D eigenvalue weighted by Gasteiger charge is -2.04. The SMILES string of the molecule is C=C(C)C(=O)NCCCNC(C)=O. The lowest BCUT2D eigenvalue weighted by Crippen LogP contribution is -2.28. The standard InChI is InChI=1S/C9H16N2O2/c1-7(2)9(13)11-6-4-5-10-8(3)12/h1,4-6H2,2-3H3,(H,10,12)(H,11,13). The first-order valence-corrected chi connectivity index (χ1v) is 4.22. The summed E-state index contributed by atoms with van der Waals surface area (Å²) in [6.45, 7) is 7.77. The quantitative estimate of drug-likeness (QED) is 0.474. The molecule has 0 aromatic rings. The highest BCUT2D eigenvalue weighted by atomic mass is 16.2. The molecule has 0 aliphatic carbocycles. The van der Waals surface area contributed by atoms with E-state index >= 15 is 0 Å². The Labute approximate surface area is 78.4 Å². The Kier molecular flexibility index (Phi) is 5.59. The average molecular weight is 184 g/mol. The van der Waals surface area contributed by atoms with Gasteiger partial charge in [0.1, 0.15) is 0 Å². The van der Waals surface area contributed by atoms with Crippen molar-refractivity contribution in [1.29, 1.82) is 0 Å². The van der Waals surface area contributed by atoms with E-state index < -0.39 is 0 Å². The van der Waals surface area contributed by atoms with Crippen LogP contribution >= 0.6 is 0 Å². The van der Waals surface area contributed by atoms with Crippen molar-refractivity contribution in [2.24, 2.45) is 0 Å². The summed E-state index contributed by atoms with van der Waals surface area (Å²) in [7, 11) is 0. The number of rotatable bonds is 5. The molecule has 0 unspecified atom stereocenters. The van der Waals surface area contributed by atoms with Crippen molar-refractivity contribution in [3.63, 3.8) is 0 Å². The Morgan fingerprint density at radius 3 is 2.15 bits per heavy atom. The molecule has 2 amide bonds. The lowest BCUT2D eigenvalue weighted by atomic mass is 10.3. The molecule has 0 atom stereocenters. The molecule has 0 heterocycles. The molecule has 74 valence electrons. The summed E-state index contributed by atoms with van der Waals surface area (Å²) in [6, 6.07) is 0. The van der Waals surface area contributed by atoms with E-state index in [1.165, 1.54) is 6.92 Å². The van der Waals surface area contributed by atoms with Crippen molar-refractivity contribution < 1.29 is 9.59 Å². The van der Waals surface area contributed by atoms with Crippen LogP contribution in [-0.2, 0) is 9.59 Å². The van der Waals surface area contributed by atoms with Crippen LogP contribution in [0.4, 0.5) is 0 Å². The van der Waals surface area contributed by atoms with Gasteiger partial charge in [-0.1, -0.05) is 6.58 Å². The van der Waals surface area contributed by atoms with Crippen LogP contribution in [0.1, 0.15) is 20.3 Å². The Hall–Kier alpha value is -1.32. The van der Waals surface area contributed by atoms with E-state index in [1.54, 1.807) is 6.92 Å². The van der Waals surface area contributed by atoms with Gasteiger partial charge in [0, 0.05) is 25.6 Å². The highest BCUT2D eigenvalue weighted by molar-refractivity contribution is 5.91. The molecule has 4 heteroatoms. The van der Waals surface area contributed by atoms with E-state index in [9.17, 15) is 9.59 Å². The molecule has 0 aliphatic heterocycles. The van der Waals surface area contributed by atoms with Gasteiger partial charge in [-0.3, -0.25) is 9.59 Å². The number of nitrogens with one attached hydrogen (secondary N) is 2. The van der Waals surface area contributed by atoms with Gasteiger partial charge in [0.25, 0.3) is 0 Å². The van der Waals surface area contributed by atoms with Crippen molar-refractivity contribution in [3.05, 3.63) is 12.2 Å². The topological polar surface area (TPSA) is 58.2 Å². The smallest absolute Gasteiger partial charge is 0.246 e. The summed E-state index contributed by atoms with van der Waals surface area (Å²) < 4.78 is 0. The van der Waals surface area contributed by atoms with Gasteiger partial charge in [0.2, 0.25) is 11.8 Å². The predicted octanol–water partition coefficient (Wildman–Crippen LogP) is 0.205. The molecule has 0 spiro atoms. The van der Waals surface area contributed by atoms with Gasteiger partial charge in [-0.15, -0.1) is 0 Å². The second-order valence-electron chi connectivity index (χ2n) is 2.87. The molecule has 0 aromatic heterocycles. The first-order chi connectivity index (χ1) is 6.04. The van der Waals surface area contributed by atoms with Crippen molar-refractivity contribution in [2.75, 3.05) is 13.1 Å². The Morgan fingerprint density at radius 1 is 1.15 bits per heavy atom. The molecular weight excluding hydrogens is 168 g/mol. The third-order valence-electron chi connectivity index (χ3n) is 1.40. The molecule has 0 aromatic carbocycles. The summed E-state index contributed by atoms with van der Waals surface area (Å²) in [6.07, 6.45) is 0.735. The normalized spacial score (nSPS) is 9.08. The fraction of sp³-hybridized carbons (Fsp3) is 0.556. The summed E-state index contributed by atoms with van der Waals surface area (Å²) in [5.41, 5.74) is 0.500. The second-order valence-corrected chi connectivity index (χ2v) is 2.87. The number of hydrogen-bond donors (Lipinski definition) is 2. The van der Waals surface area contributed by atoms with Gasteiger partial charge in [0.05, 0.1) is 0 Å². The summed E-state index contributed by atoms with van der Waals surface area (Å²) >= 11 is 0. The van der Waals surface area contributed by atoms with E-state index in [0.29, 0.717) is 18.7 Å². The highest BCUT2D eigenvalue weighted by Crippen LogP contribution is 1.85. The first-order valence-electron chi connectivity index (χ1n) is 4.22. The third kappa shape index (κ3) is 7.05. The van der Waals surface area contributed by atoms with E-state index in [4.69, 9.17) is 0 Å². The van der Waals surface area contributed by atoms with Crippen molar-refractivity contribution in [2.45, 2.75) is 20.3 Å². The molecule has 0 aliphatic rings. The van der Waals surface area contributed by atoms with Gasteiger partial charge in [0.15, 0.2) is 0 Å². The molecule has 2 N–H and O–H groups in total. The first kappa shape index (κ1) is 11.7. The summed E-state index contributed by atoms with van der Waals surface area (Å²) in [4.78, 5) is 21.4. The second kappa shape index (κ2) is 6.22. The van der Waals surface area contributed by atoms with Gasteiger partial charge >= 0.3 is 0 Å². The van der Waals surface area contributed by atoms with E-state index in [2.05, 4.69) is 17.2 Å². The fourth-order valence-corrected chi connectivity index (χ4v) is 0.706. The van der Waals surface area contributed by atoms with Gasteiger partial charge in [-0.05, 0) is 13.3 Å². The minimum Gasteiger partial charge on any atom is -0.356 e. The Morgan fingerprint density at radius 2 is 1.69 bits per heavy atom. The largest absolute Gasteiger partial charge is 0.356 e.